The van der Waals surface area contributed by atoms with Crippen LogP contribution in [0.1, 0.15) is 34.2 Å². The summed E-state index contributed by atoms with van der Waals surface area (Å²) in [5.41, 5.74) is 3.88. The van der Waals surface area contributed by atoms with Gasteiger partial charge in [0, 0.05) is 17.5 Å². The zero-order valence-corrected chi connectivity index (χ0v) is 14.7. The Morgan fingerprint density at radius 1 is 1.08 bits per heavy atom. The molecule has 2 aromatic rings. The number of rotatable bonds is 3. The lowest BCUT2D eigenvalue weighted by molar-refractivity contribution is -0.275. The highest BCUT2D eigenvalue weighted by molar-refractivity contribution is 6.02. The quantitative estimate of drug-likeness (QED) is 0.624. The number of nitrogens with zero attached hydrogens (tertiary/aromatic N) is 1. The second-order valence-electron chi connectivity index (χ2n) is 6.68. The van der Waals surface area contributed by atoms with E-state index in [1.807, 2.05) is 13.0 Å². The number of aryl methyl sites for hydroxylation is 3. The molecule has 0 radical (unpaired) electrons. The minimum absolute atomic E-state index is 0.0607. The molecule has 138 valence electrons. The molecular weight excluding hydrogens is 343 g/mol. The van der Waals surface area contributed by atoms with Crippen LogP contribution < -0.4 is 11.3 Å². The van der Waals surface area contributed by atoms with Crippen molar-refractivity contribution in [3.63, 3.8) is 0 Å². The van der Waals surface area contributed by atoms with Gasteiger partial charge in [-0.25, -0.2) is 0 Å². The maximum atomic E-state index is 14.0. The van der Waals surface area contributed by atoms with E-state index in [0.29, 0.717) is 11.3 Å². The molecule has 0 amide bonds. The molecule has 0 saturated heterocycles. The summed E-state index contributed by atoms with van der Waals surface area (Å²) in [6.45, 7) is 5.37. The predicted octanol–water partition coefficient (Wildman–Crippen LogP) is 4.48. The molecule has 0 aliphatic carbocycles. The molecule has 1 unspecified atom stereocenters. The van der Waals surface area contributed by atoms with Gasteiger partial charge < -0.3 is 10.3 Å². The summed E-state index contributed by atoms with van der Waals surface area (Å²) in [4.78, 5) is 5.08. The van der Waals surface area contributed by atoms with Crippen molar-refractivity contribution < 1.29 is 18.0 Å². The fraction of sp³-hybridized carbons (Fsp3) is 0.316. The van der Waals surface area contributed by atoms with E-state index in [9.17, 15) is 13.2 Å². The number of hydrogen-bond acceptors (Lipinski definition) is 4. The van der Waals surface area contributed by atoms with Crippen LogP contribution in [-0.2, 0) is 10.4 Å². The lowest BCUT2D eigenvalue weighted by atomic mass is 9.85. The van der Waals surface area contributed by atoms with Gasteiger partial charge in [0.05, 0.1) is 11.4 Å². The Morgan fingerprint density at radius 3 is 2.31 bits per heavy atom. The van der Waals surface area contributed by atoms with Gasteiger partial charge in [-0.15, -0.1) is 0 Å². The molecule has 2 aromatic carbocycles. The number of nitrogens with two attached hydrogens (primary N) is 1. The van der Waals surface area contributed by atoms with Crippen molar-refractivity contribution in [2.24, 2.45) is 11.0 Å². The highest BCUT2D eigenvalue weighted by Gasteiger charge is 2.62. The molecule has 4 nitrogen and oxygen atoms in total. The van der Waals surface area contributed by atoms with Gasteiger partial charge in [0.15, 0.2) is 0 Å². The van der Waals surface area contributed by atoms with Gasteiger partial charge >= 0.3 is 6.18 Å². The summed E-state index contributed by atoms with van der Waals surface area (Å²) in [7, 11) is 0. The zero-order valence-electron chi connectivity index (χ0n) is 14.7. The first-order valence-electron chi connectivity index (χ1n) is 8.14. The van der Waals surface area contributed by atoms with Crippen molar-refractivity contribution in [1.29, 1.82) is 0 Å². The van der Waals surface area contributed by atoms with Crippen LogP contribution in [0.4, 0.5) is 18.9 Å². The van der Waals surface area contributed by atoms with Crippen LogP contribution in [0.2, 0.25) is 0 Å². The minimum Gasteiger partial charge on any atom is -0.374 e. The van der Waals surface area contributed by atoms with Crippen molar-refractivity contribution >= 4 is 11.4 Å². The molecule has 0 aromatic heterocycles. The van der Waals surface area contributed by atoms with Crippen LogP contribution in [0.3, 0.4) is 0 Å². The van der Waals surface area contributed by atoms with E-state index in [4.69, 9.17) is 10.7 Å². The molecule has 1 atom stereocenters. The van der Waals surface area contributed by atoms with Gasteiger partial charge in [-0.2, -0.15) is 13.2 Å². The number of hydrogen-bond donors (Lipinski definition) is 2. The summed E-state index contributed by atoms with van der Waals surface area (Å²) in [5.74, 6) is 5.46. The lowest BCUT2D eigenvalue weighted by Gasteiger charge is -2.30. The van der Waals surface area contributed by atoms with E-state index in [1.54, 1.807) is 32.0 Å². The molecular formula is C19H20F3N3O. The molecule has 0 bridgehead atoms. The lowest BCUT2D eigenvalue weighted by Crippen LogP contribution is -2.42. The number of benzene rings is 2. The number of oxime groups is 1. The number of nitrogens with one attached hydrogen (secondary N) is 1. The van der Waals surface area contributed by atoms with E-state index >= 15 is 0 Å². The van der Waals surface area contributed by atoms with E-state index < -0.39 is 18.2 Å². The van der Waals surface area contributed by atoms with Crippen LogP contribution in [-0.4, -0.2) is 11.9 Å². The van der Waals surface area contributed by atoms with Crippen LogP contribution in [0, 0.1) is 20.8 Å². The van der Waals surface area contributed by atoms with Crippen molar-refractivity contribution in [2.75, 3.05) is 5.43 Å². The molecule has 7 heteroatoms. The monoisotopic (exact) mass is 363 g/mol. The summed E-state index contributed by atoms with van der Waals surface area (Å²) in [6.07, 6.45) is -5.01. The molecule has 3 rings (SSSR count). The van der Waals surface area contributed by atoms with E-state index in [0.717, 1.165) is 16.7 Å². The average Bonchev–Trinajstić information content (AvgIpc) is 3.01. The summed E-state index contributed by atoms with van der Waals surface area (Å²) in [6, 6.07) is 9.99. The Labute approximate surface area is 149 Å². The summed E-state index contributed by atoms with van der Waals surface area (Å²) < 4.78 is 42.1. The van der Waals surface area contributed by atoms with Gasteiger partial charge in [-0.3, -0.25) is 5.84 Å². The van der Waals surface area contributed by atoms with Crippen LogP contribution in [0.25, 0.3) is 0 Å². The van der Waals surface area contributed by atoms with Gasteiger partial charge in [-0.1, -0.05) is 46.6 Å². The largest absolute Gasteiger partial charge is 0.435 e. The van der Waals surface area contributed by atoms with Crippen LogP contribution in [0.15, 0.2) is 41.6 Å². The molecule has 26 heavy (non-hydrogen) atoms. The fourth-order valence-electron chi connectivity index (χ4n) is 3.22. The second kappa shape index (κ2) is 6.32. The van der Waals surface area contributed by atoms with E-state index in [1.165, 1.54) is 12.1 Å². The number of hydrazine groups is 1. The van der Waals surface area contributed by atoms with Crippen LogP contribution in [0.5, 0.6) is 0 Å². The van der Waals surface area contributed by atoms with Crippen molar-refractivity contribution in [2.45, 2.75) is 39.0 Å². The first-order chi connectivity index (χ1) is 12.2. The van der Waals surface area contributed by atoms with Gasteiger partial charge in [0.2, 0.25) is 0 Å². The molecule has 0 fully saturated rings. The molecule has 3 N–H and O–H groups in total. The van der Waals surface area contributed by atoms with Crippen molar-refractivity contribution in [3.8, 4) is 0 Å². The summed E-state index contributed by atoms with van der Waals surface area (Å²) >= 11 is 0. The second-order valence-corrected chi connectivity index (χ2v) is 6.68. The number of nitrogen functional groups attached to an aromatic ring is 1. The number of alkyl halides is 3. The minimum atomic E-state index is -4.61. The first-order valence-corrected chi connectivity index (χ1v) is 8.14. The Morgan fingerprint density at radius 2 is 1.73 bits per heavy atom. The molecule has 0 spiro atoms. The van der Waals surface area contributed by atoms with Gasteiger partial charge in [0.1, 0.15) is 0 Å². The standard InChI is InChI=1S/C19H20F3N3O/c1-11-6-12(2)8-15(7-11)18(19(20,21)22)10-17(25-26-18)14-5-4-13(3)16(9-14)24-23/h4-9,24H,10,23H2,1-3H3. The maximum Gasteiger partial charge on any atom is 0.435 e. The SMILES string of the molecule is Cc1cc(C)cc(C2(C(F)(F)F)CC(c3ccc(C)c(NN)c3)=NO2)c1. The molecule has 0 saturated carbocycles. The molecule has 1 aliphatic heterocycles. The Balaban J connectivity index is 2.04. The average molecular weight is 363 g/mol. The highest BCUT2D eigenvalue weighted by Crippen LogP contribution is 2.49. The Bertz CT molecular complexity index is 857. The Hall–Kier alpha value is -2.54. The zero-order chi connectivity index (χ0) is 19.1. The van der Waals surface area contributed by atoms with Gasteiger partial charge in [-0.05, 0) is 32.4 Å². The van der Waals surface area contributed by atoms with Crippen molar-refractivity contribution in [3.05, 3.63) is 64.2 Å². The Kier molecular flexibility index (Phi) is 4.44. The van der Waals surface area contributed by atoms with Crippen LogP contribution >= 0.6 is 0 Å². The smallest absolute Gasteiger partial charge is 0.374 e. The van der Waals surface area contributed by atoms with Crippen molar-refractivity contribution in [1.82, 2.24) is 0 Å². The fourth-order valence-corrected chi connectivity index (χ4v) is 3.22. The predicted molar refractivity (Wildman–Crippen MR) is 94.9 cm³/mol. The number of halogens is 3. The third-order valence-electron chi connectivity index (χ3n) is 4.60. The maximum absolute atomic E-state index is 14.0. The number of anilines is 1. The molecule has 1 heterocycles. The van der Waals surface area contributed by atoms with Gasteiger partial charge in [0.25, 0.3) is 5.60 Å². The molecule has 1 aliphatic rings. The summed E-state index contributed by atoms with van der Waals surface area (Å²) in [5, 5.41) is 3.79. The third kappa shape index (κ3) is 3.03. The normalized spacial score (nSPS) is 19.9. The highest BCUT2D eigenvalue weighted by atomic mass is 19.4. The third-order valence-corrected chi connectivity index (χ3v) is 4.60. The van der Waals surface area contributed by atoms with E-state index in [-0.39, 0.29) is 11.3 Å². The van der Waals surface area contributed by atoms with E-state index in [2.05, 4.69) is 10.6 Å². The topological polar surface area (TPSA) is 59.6 Å². The first kappa shape index (κ1) is 18.3.